The van der Waals surface area contributed by atoms with Gasteiger partial charge in [0.2, 0.25) is 10.0 Å². The summed E-state index contributed by atoms with van der Waals surface area (Å²) in [4.78, 5) is 4.21. The molecule has 0 fully saturated rings. The summed E-state index contributed by atoms with van der Waals surface area (Å²) in [6.07, 6.45) is 2.09. The molecule has 0 spiro atoms. The van der Waals surface area contributed by atoms with Crippen molar-refractivity contribution in [1.29, 1.82) is 0 Å². The number of rotatable bonds is 5. The highest BCUT2D eigenvalue weighted by Crippen LogP contribution is 2.18. The highest BCUT2D eigenvalue weighted by molar-refractivity contribution is 7.89. The fourth-order valence-corrected chi connectivity index (χ4v) is 3.28. The monoisotopic (exact) mass is 318 g/mol. The maximum absolute atomic E-state index is 11.9. The van der Waals surface area contributed by atoms with Crippen LogP contribution in [0.4, 0.5) is 0 Å². The SMILES string of the molecule is CS(=O)(=O)OCCc1nc2ccccc2n1S(C)(=O)=O. The standard InChI is InChI=1S/C11H14N2O5S2/c1-19(14,15)13-10-6-4-3-5-9(10)12-11(13)7-8-18-20(2,16)17/h3-6H,7-8H2,1-2H3. The molecule has 0 bridgehead atoms. The van der Waals surface area contributed by atoms with Gasteiger partial charge in [-0.25, -0.2) is 17.4 Å². The van der Waals surface area contributed by atoms with E-state index >= 15 is 0 Å². The van der Waals surface area contributed by atoms with Crippen LogP contribution in [0.3, 0.4) is 0 Å². The van der Waals surface area contributed by atoms with Crippen LogP contribution < -0.4 is 0 Å². The minimum Gasteiger partial charge on any atom is -0.270 e. The zero-order chi connectivity index (χ0) is 15.0. The summed E-state index contributed by atoms with van der Waals surface area (Å²) >= 11 is 0. The van der Waals surface area contributed by atoms with E-state index in [1.54, 1.807) is 24.3 Å². The van der Waals surface area contributed by atoms with Crippen LogP contribution in [-0.2, 0) is 30.7 Å². The number of imidazole rings is 1. The number of nitrogens with zero attached hydrogens (tertiary/aromatic N) is 2. The molecule has 0 aliphatic rings. The molecular weight excluding hydrogens is 304 g/mol. The lowest BCUT2D eigenvalue weighted by atomic mass is 10.3. The van der Waals surface area contributed by atoms with Gasteiger partial charge in [0.05, 0.1) is 30.2 Å². The predicted octanol–water partition coefficient (Wildman–Crippen LogP) is 0.363. The van der Waals surface area contributed by atoms with Crippen LogP contribution in [-0.4, -0.2) is 44.9 Å². The van der Waals surface area contributed by atoms with Gasteiger partial charge in [-0.1, -0.05) is 12.1 Å². The van der Waals surface area contributed by atoms with Crippen molar-refractivity contribution in [3.8, 4) is 0 Å². The Kier molecular flexibility index (Phi) is 3.85. The van der Waals surface area contributed by atoms with Gasteiger partial charge in [-0.2, -0.15) is 8.42 Å². The second-order valence-corrected chi connectivity index (χ2v) is 7.80. The van der Waals surface area contributed by atoms with Gasteiger partial charge in [0.25, 0.3) is 10.1 Å². The predicted molar refractivity (Wildman–Crippen MR) is 74.5 cm³/mol. The number of hydrogen-bond donors (Lipinski definition) is 0. The van der Waals surface area contributed by atoms with Crippen molar-refractivity contribution in [3.63, 3.8) is 0 Å². The molecule has 0 aliphatic heterocycles. The van der Waals surface area contributed by atoms with Gasteiger partial charge in [-0.15, -0.1) is 0 Å². The number of hydrogen-bond acceptors (Lipinski definition) is 6. The first-order valence-electron chi connectivity index (χ1n) is 5.70. The molecule has 0 atom stereocenters. The molecule has 0 unspecified atom stereocenters. The molecule has 0 radical (unpaired) electrons. The molecule has 1 heterocycles. The van der Waals surface area contributed by atoms with Gasteiger partial charge in [-0.05, 0) is 12.1 Å². The molecule has 0 saturated carbocycles. The number of para-hydroxylation sites is 2. The van der Waals surface area contributed by atoms with Crippen LogP contribution in [0.1, 0.15) is 5.82 Å². The van der Waals surface area contributed by atoms with Gasteiger partial charge < -0.3 is 0 Å². The Labute approximate surface area is 117 Å². The summed E-state index contributed by atoms with van der Waals surface area (Å²) in [5, 5.41) is 0. The zero-order valence-corrected chi connectivity index (χ0v) is 12.6. The third-order valence-electron chi connectivity index (χ3n) is 2.54. The Morgan fingerprint density at radius 1 is 1.15 bits per heavy atom. The van der Waals surface area contributed by atoms with Gasteiger partial charge in [-0.3, -0.25) is 4.18 Å². The van der Waals surface area contributed by atoms with Gasteiger partial charge >= 0.3 is 0 Å². The molecule has 2 rings (SSSR count). The average molecular weight is 318 g/mol. The summed E-state index contributed by atoms with van der Waals surface area (Å²) < 4.78 is 51.2. The largest absolute Gasteiger partial charge is 0.270 e. The molecular formula is C11H14N2O5S2. The van der Waals surface area contributed by atoms with Crippen LogP contribution >= 0.6 is 0 Å². The third kappa shape index (κ3) is 3.35. The number of benzene rings is 1. The van der Waals surface area contributed by atoms with Crippen molar-refractivity contribution in [2.75, 3.05) is 19.1 Å². The van der Waals surface area contributed by atoms with E-state index in [9.17, 15) is 16.8 Å². The first kappa shape index (κ1) is 14.9. The fraction of sp³-hybridized carbons (Fsp3) is 0.364. The summed E-state index contributed by atoms with van der Waals surface area (Å²) in [5.41, 5.74) is 0.997. The minimum absolute atomic E-state index is 0.0782. The van der Waals surface area contributed by atoms with E-state index in [4.69, 9.17) is 0 Å². The van der Waals surface area contributed by atoms with Crippen molar-refractivity contribution in [2.24, 2.45) is 0 Å². The van der Waals surface area contributed by atoms with E-state index < -0.39 is 20.1 Å². The van der Waals surface area contributed by atoms with E-state index in [1.807, 2.05) is 0 Å². The molecule has 1 aromatic heterocycles. The molecule has 0 aliphatic carbocycles. The van der Waals surface area contributed by atoms with Crippen LogP contribution in [0.5, 0.6) is 0 Å². The first-order chi connectivity index (χ1) is 9.18. The van der Waals surface area contributed by atoms with Crippen molar-refractivity contribution in [2.45, 2.75) is 6.42 Å². The van der Waals surface area contributed by atoms with Gasteiger partial charge in [0, 0.05) is 6.42 Å². The van der Waals surface area contributed by atoms with Crippen molar-refractivity contribution >= 4 is 31.2 Å². The summed E-state index contributed by atoms with van der Waals surface area (Å²) in [6, 6.07) is 6.80. The smallest absolute Gasteiger partial charge is 0.264 e. The van der Waals surface area contributed by atoms with Crippen LogP contribution in [0, 0.1) is 0 Å². The minimum atomic E-state index is -3.56. The van der Waals surface area contributed by atoms with E-state index in [1.165, 1.54) is 0 Å². The number of aromatic nitrogens is 2. The summed E-state index contributed by atoms with van der Waals surface area (Å²) in [5.74, 6) is 0.248. The van der Waals surface area contributed by atoms with E-state index in [-0.39, 0.29) is 18.9 Å². The highest BCUT2D eigenvalue weighted by Gasteiger charge is 2.18. The van der Waals surface area contributed by atoms with Crippen LogP contribution in [0.2, 0.25) is 0 Å². The second kappa shape index (κ2) is 5.15. The quantitative estimate of drug-likeness (QED) is 0.739. The summed E-state index contributed by atoms with van der Waals surface area (Å²) in [7, 11) is -7.09. The lowest BCUT2D eigenvalue weighted by Gasteiger charge is -2.06. The lowest BCUT2D eigenvalue weighted by molar-refractivity contribution is 0.323. The summed E-state index contributed by atoms with van der Waals surface area (Å²) in [6.45, 7) is -0.155. The molecule has 0 saturated heterocycles. The molecule has 7 nitrogen and oxygen atoms in total. The topological polar surface area (TPSA) is 95.3 Å². The first-order valence-corrected chi connectivity index (χ1v) is 9.36. The fourth-order valence-electron chi connectivity index (χ4n) is 1.87. The Hall–Kier alpha value is -1.45. The molecule has 0 N–H and O–H groups in total. The Morgan fingerprint density at radius 3 is 2.40 bits per heavy atom. The maximum Gasteiger partial charge on any atom is 0.264 e. The van der Waals surface area contributed by atoms with Crippen LogP contribution in [0.25, 0.3) is 11.0 Å². The van der Waals surface area contributed by atoms with Crippen molar-refractivity contribution in [3.05, 3.63) is 30.1 Å². The van der Waals surface area contributed by atoms with Gasteiger partial charge in [0.15, 0.2) is 0 Å². The van der Waals surface area contributed by atoms with Gasteiger partial charge in [0.1, 0.15) is 5.82 Å². The Bertz CT molecular complexity index is 837. The molecule has 1 aromatic carbocycles. The van der Waals surface area contributed by atoms with Crippen LogP contribution in [0.15, 0.2) is 24.3 Å². The Morgan fingerprint density at radius 2 is 1.80 bits per heavy atom. The second-order valence-electron chi connectivity index (χ2n) is 4.32. The van der Waals surface area contributed by atoms with E-state index in [2.05, 4.69) is 9.17 Å². The molecule has 110 valence electrons. The zero-order valence-electron chi connectivity index (χ0n) is 11.0. The highest BCUT2D eigenvalue weighted by atomic mass is 32.2. The maximum atomic E-state index is 11.9. The molecule has 9 heteroatoms. The van der Waals surface area contributed by atoms with E-state index in [0.717, 1.165) is 16.5 Å². The Balaban J connectivity index is 2.42. The average Bonchev–Trinajstić information content (AvgIpc) is 2.64. The number of fused-ring (bicyclic) bond motifs is 1. The molecule has 20 heavy (non-hydrogen) atoms. The van der Waals surface area contributed by atoms with E-state index in [0.29, 0.717) is 11.0 Å². The van der Waals surface area contributed by atoms with Crippen molar-refractivity contribution in [1.82, 2.24) is 8.96 Å². The third-order valence-corrected chi connectivity index (χ3v) is 4.20. The lowest BCUT2D eigenvalue weighted by Crippen LogP contribution is -2.16. The normalized spacial score (nSPS) is 12.9. The molecule has 2 aromatic rings. The molecule has 0 amide bonds. The van der Waals surface area contributed by atoms with Crippen molar-refractivity contribution < 1.29 is 21.0 Å².